The molecule has 0 spiro atoms. The number of anilines is 1. The van der Waals surface area contributed by atoms with Gasteiger partial charge in [-0.3, -0.25) is 19.3 Å². The van der Waals surface area contributed by atoms with Gasteiger partial charge in [-0.1, -0.05) is 24.3 Å². The normalized spacial score (nSPS) is 21.4. The molecule has 6 nitrogen and oxygen atoms in total. The fourth-order valence-electron chi connectivity index (χ4n) is 4.91. The van der Waals surface area contributed by atoms with Crippen molar-refractivity contribution in [3.8, 4) is 0 Å². The highest BCUT2D eigenvalue weighted by Crippen LogP contribution is 2.41. The molecule has 168 valence electrons. The van der Waals surface area contributed by atoms with Crippen LogP contribution in [0.3, 0.4) is 0 Å². The standard InChI is InChI=1S/C25H28FN3O3/c1-3-29-23(31)17-25(24(29)32,21-7-5-4-6-18(21)2)16-22(30)28-14-12-27(13-15-28)20-10-8-19(26)9-11-20/h4-11H,3,12-17H2,1-2H3. The van der Waals surface area contributed by atoms with E-state index in [1.165, 1.54) is 17.0 Å². The van der Waals surface area contributed by atoms with Gasteiger partial charge in [0, 0.05) is 51.3 Å². The molecule has 7 heteroatoms. The van der Waals surface area contributed by atoms with Gasteiger partial charge in [-0.25, -0.2) is 4.39 Å². The maximum atomic E-state index is 13.4. The van der Waals surface area contributed by atoms with Crippen LogP contribution >= 0.6 is 0 Å². The third kappa shape index (κ3) is 3.87. The van der Waals surface area contributed by atoms with E-state index in [1.54, 1.807) is 24.0 Å². The first-order valence-corrected chi connectivity index (χ1v) is 11.0. The van der Waals surface area contributed by atoms with E-state index in [0.29, 0.717) is 32.7 Å². The van der Waals surface area contributed by atoms with Gasteiger partial charge in [0.25, 0.3) is 0 Å². The van der Waals surface area contributed by atoms with Gasteiger partial charge in [-0.05, 0) is 49.2 Å². The number of imide groups is 1. The Labute approximate surface area is 187 Å². The van der Waals surface area contributed by atoms with Crippen LogP contribution in [0, 0.1) is 12.7 Å². The van der Waals surface area contributed by atoms with Gasteiger partial charge in [0.15, 0.2) is 0 Å². The number of carbonyl (C=O) groups excluding carboxylic acids is 3. The summed E-state index contributed by atoms with van der Waals surface area (Å²) in [7, 11) is 0. The molecule has 1 atom stereocenters. The molecule has 32 heavy (non-hydrogen) atoms. The summed E-state index contributed by atoms with van der Waals surface area (Å²) in [5.74, 6) is -0.903. The third-order valence-electron chi connectivity index (χ3n) is 6.66. The molecule has 2 aliphatic rings. The average molecular weight is 438 g/mol. The molecule has 2 aliphatic heterocycles. The van der Waals surface area contributed by atoms with Crippen LogP contribution in [0.2, 0.25) is 0 Å². The molecular formula is C25H28FN3O3. The molecule has 2 fully saturated rings. The molecule has 2 saturated heterocycles. The van der Waals surface area contributed by atoms with Crippen molar-refractivity contribution in [2.24, 2.45) is 0 Å². The molecule has 0 saturated carbocycles. The fourth-order valence-corrected chi connectivity index (χ4v) is 4.91. The van der Waals surface area contributed by atoms with Crippen LogP contribution in [0.5, 0.6) is 0 Å². The Morgan fingerprint density at radius 1 is 1.00 bits per heavy atom. The van der Waals surface area contributed by atoms with E-state index in [9.17, 15) is 18.8 Å². The summed E-state index contributed by atoms with van der Waals surface area (Å²) < 4.78 is 13.2. The predicted molar refractivity (Wildman–Crippen MR) is 120 cm³/mol. The number of piperazine rings is 1. The Hall–Kier alpha value is -3.22. The minimum Gasteiger partial charge on any atom is -0.368 e. The topological polar surface area (TPSA) is 60.9 Å². The average Bonchev–Trinajstić information content (AvgIpc) is 3.04. The molecule has 2 heterocycles. The Balaban J connectivity index is 1.53. The molecule has 1 unspecified atom stereocenters. The molecule has 0 radical (unpaired) electrons. The number of halogens is 1. The number of nitrogens with zero attached hydrogens (tertiary/aromatic N) is 3. The van der Waals surface area contributed by atoms with Crippen LogP contribution in [0.1, 0.15) is 30.9 Å². The number of hydrogen-bond acceptors (Lipinski definition) is 4. The highest BCUT2D eigenvalue weighted by molar-refractivity contribution is 6.10. The van der Waals surface area contributed by atoms with Crippen molar-refractivity contribution < 1.29 is 18.8 Å². The van der Waals surface area contributed by atoms with E-state index in [-0.39, 0.29) is 36.4 Å². The molecule has 0 aliphatic carbocycles. The molecule has 4 rings (SSSR count). The van der Waals surface area contributed by atoms with E-state index in [0.717, 1.165) is 16.8 Å². The summed E-state index contributed by atoms with van der Waals surface area (Å²) in [6.45, 7) is 6.27. The Kier molecular flexibility index (Phi) is 6.00. The van der Waals surface area contributed by atoms with Crippen LogP contribution in [-0.2, 0) is 19.8 Å². The van der Waals surface area contributed by atoms with Crippen molar-refractivity contribution in [2.45, 2.75) is 32.1 Å². The number of benzene rings is 2. The van der Waals surface area contributed by atoms with E-state index in [4.69, 9.17) is 0 Å². The number of aryl methyl sites for hydroxylation is 1. The lowest BCUT2D eigenvalue weighted by molar-refractivity contribution is -0.142. The zero-order valence-electron chi connectivity index (χ0n) is 18.5. The Bertz CT molecular complexity index is 1030. The SMILES string of the molecule is CCN1C(=O)CC(CC(=O)N2CCN(c3ccc(F)cc3)CC2)(c2ccccc2C)C1=O. The van der Waals surface area contributed by atoms with Crippen LogP contribution in [0.4, 0.5) is 10.1 Å². The lowest BCUT2D eigenvalue weighted by Crippen LogP contribution is -2.51. The lowest BCUT2D eigenvalue weighted by Gasteiger charge is -2.38. The molecule has 0 N–H and O–H groups in total. The summed E-state index contributed by atoms with van der Waals surface area (Å²) in [4.78, 5) is 44.6. The first-order chi connectivity index (χ1) is 15.4. The summed E-state index contributed by atoms with van der Waals surface area (Å²) >= 11 is 0. The van der Waals surface area contributed by atoms with E-state index in [2.05, 4.69) is 4.90 Å². The molecular weight excluding hydrogens is 409 g/mol. The van der Waals surface area contributed by atoms with Gasteiger partial charge in [-0.15, -0.1) is 0 Å². The number of hydrogen-bond donors (Lipinski definition) is 0. The molecule has 2 aromatic carbocycles. The summed E-state index contributed by atoms with van der Waals surface area (Å²) in [5, 5.41) is 0. The second-order valence-electron chi connectivity index (χ2n) is 8.54. The zero-order valence-corrected chi connectivity index (χ0v) is 18.5. The van der Waals surface area contributed by atoms with Crippen molar-refractivity contribution >= 4 is 23.4 Å². The maximum absolute atomic E-state index is 13.4. The van der Waals surface area contributed by atoms with E-state index in [1.807, 2.05) is 31.2 Å². The van der Waals surface area contributed by atoms with Crippen LogP contribution < -0.4 is 4.90 Å². The number of amides is 3. The Morgan fingerprint density at radius 3 is 2.25 bits per heavy atom. The van der Waals surface area contributed by atoms with Gasteiger partial charge in [0.1, 0.15) is 5.82 Å². The number of carbonyl (C=O) groups is 3. The van der Waals surface area contributed by atoms with Crippen molar-refractivity contribution in [1.82, 2.24) is 9.80 Å². The van der Waals surface area contributed by atoms with Gasteiger partial charge >= 0.3 is 0 Å². The minimum absolute atomic E-state index is 0.0184. The first kappa shape index (κ1) is 22.0. The van der Waals surface area contributed by atoms with Crippen LogP contribution in [-0.4, -0.2) is 60.2 Å². The quantitative estimate of drug-likeness (QED) is 0.675. The highest BCUT2D eigenvalue weighted by atomic mass is 19.1. The van der Waals surface area contributed by atoms with E-state index < -0.39 is 5.41 Å². The van der Waals surface area contributed by atoms with Gasteiger partial charge in [0.2, 0.25) is 17.7 Å². The number of likely N-dealkylation sites (tertiary alicyclic amines) is 1. The molecule has 0 aromatic heterocycles. The summed E-state index contributed by atoms with van der Waals surface area (Å²) in [6, 6.07) is 13.9. The van der Waals surface area contributed by atoms with Crippen LogP contribution in [0.15, 0.2) is 48.5 Å². The fraction of sp³-hybridized carbons (Fsp3) is 0.400. The Morgan fingerprint density at radius 2 is 1.66 bits per heavy atom. The zero-order chi connectivity index (χ0) is 22.9. The largest absolute Gasteiger partial charge is 0.368 e. The third-order valence-corrected chi connectivity index (χ3v) is 6.66. The molecule has 2 aromatic rings. The minimum atomic E-state index is -1.15. The van der Waals surface area contributed by atoms with E-state index >= 15 is 0 Å². The number of rotatable bonds is 5. The van der Waals surface area contributed by atoms with Gasteiger partial charge < -0.3 is 9.80 Å². The smallest absolute Gasteiger partial charge is 0.240 e. The van der Waals surface area contributed by atoms with Crippen LogP contribution in [0.25, 0.3) is 0 Å². The lowest BCUT2D eigenvalue weighted by atomic mass is 9.74. The molecule has 0 bridgehead atoms. The predicted octanol–water partition coefficient (Wildman–Crippen LogP) is 2.89. The second kappa shape index (κ2) is 8.73. The highest BCUT2D eigenvalue weighted by Gasteiger charge is 2.54. The van der Waals surface area contributed by atoms with Gasteiger partial charge in [0.05, 0.1) is 5.41 Å². The molecule has 3 amide bonds. The van der Waals surface area contributed by atoms with Gasteiger partial charge in [-0.2, -0.15) is 0 Å². The van der Waals surface area contributed by atoms with Crippen molar-refractivity contribution in [3.63, 3.8) is 0 Å². The number of likely N-dealkylation sites (N-methyl/N-ethyl adjacent to an activating group) is 1. The summed E-state index contributed by atoms with van der Waals surface area (Å²) in [5.41, 5.74) is 1.43. The maximum Gasteiger partial charge on any atom is 0.240 e. The second-order valence-corrected chi connectivity index (χ2v) is 8.54. The summed E-state index contributed by atoms with van der Waals surface area (Å²) in [6.07, 6.45) is 0.00128. The monoisotopic (exact) mass is 437 g/mol. The van der Waals surface area contributed by atoms with Crippen molar-refractivity contribution in [2.75, 3.05) is 37.6 Å². The first-order valence-electron chi connectivity index (χ1n) is 11.0. The van der Waals surface area contributed by atoms with Crippen molar-refractivity contribution in [1.29, 1.82) is 0 Å². The van der Waals surface area contributed by atoms with Crippen molar-refractivity contribution in [3.05, 3.63) is 65.5 Å².